The van der Waals surface area contributed by atoms with Gasteiger partial charge in [0.05, 0.1) is 12.0 Å². The number of carbonyl (C=O) groups excluding carboxylic acids is 1. The molecule has 1 N–H and O–H groups in total. The van der Waals surface area contributed by atoms with E-state index in [0.29, 0.717) is 36.0 Å². The molecule has 2 aliphatic heterocycles. The highest BCUT2D eigenvalue weighted by Gasteiger charge is 2.37. The molecule has 3 heterocycles. The summed E-state index contributed by atoms with van der Waals surface area (Å²) in [5, 5.41) is 0.420. The Labute approximate surface area is 208 Å². The van der Waals surface area contributed by atoms with Gasteiger partial charge in [0.1, 0.15) is 11.4 Å². The van der Waals surface area contributed by atoms with Crippen molar-refractivity contribution in [1.82, 2.24) is 9.47 Å². The van der Waals surface area contributed by atoms with E-state index < -0.39 is 10.0 Å². The summed E-state index contributed by atoms with van der Waals surface area (Å²) in [5.41, 5.74) is 1.02. The van der Waals surface area contributed by atoms with E-state index in [1.165, 1.54) is 30.3 Å². The molecule has 2 aliphatic rings. The molecule has 0 aliphatic carbocycles. The predicted octanol–water partition coefficient (Wildman–Crippen LogP) is 3.57. The van der Waals surface area contributed by atoms with Gasteiger partial charge in [-0.15, -0.1) is 0 Å². The lowest BCUT2D eigenvalue weighted by Gasteiger charge is -2.43. The number of piperidine rings is 1. The maximum absolute atomic E-state index is 13.2. The molecule has 1 aromatic heterocycles. The molecule has 2 bridgehead atoms. The number of methoxy groups -OCH3 is 1. The van der Waals surface area contributed by atoms with Crippen molar-refractivity contribution in [3.8, 4) is 5.75 Å². The average Bonchev–Trinajstić information content (AvgIpc) is 2.85. The second-order valence-corrected chi connectivity index (χ2v) is 11.0. The number of halogens is 1. The maximum Gasteiger partial charge on any atom is 0.275 e. The Kier molecular flexibility index (Phi) is 6.06. The molecule has 1 amide bonds. The van der Waals surface area contributed by atoms with Crippen molar-refractivity contribution in [3.05, 3.63) is 87.3 Å². The van der Waals surface area contributed by atoms with Gasteiger partial charge in [-0.1, -0.05) is 11.6 Å². The van der Waals surface area contributed by atoms with E-state index in [1.54, 1.807) is 42.0 Å². The molecule has 1 fully saturated rings. The first-order chi connectivity index (χ1) is 16.7. The molecular formula is C25H24ClN3O5S. The molecular weight excluding hydrogens is 490 g/mol. The van der Waals surface area contributed by atoms with Gasteiger partial charge < -0.3 is 14.2 Å². The highest BCUT2D eigenvalue weighted by Crippen LogP contribution is 2.36. The normalized spacial score (nSPS) is 19.1. The Bertz CT molecular complexity index is 1440. The Balaban J connectivity index is 1.38. The summed E-state index contributed by atoms with van der Waals surface area (Å²) in [6, 6.07) is 16.1. The fourth-order valence-corrected chi connectivity index (χ4v) is 6.11. The zero-order chi connectivity index (χ0) is 24.7. The molecule has 35 heavy (non-hydrogen) atoms. The molecule has 8 nitrogen and oxygen atoms in total. The maximum atomic E-state index is 13.2. The summed E-state index contributed by atoms with van der Waals surface area (Å²) in [7, 11) is -2.36. The second-order valence-electron chi connectivity index (χ2n) is 8.88. The Morgan fingerprint density at radius 1 is 1.00 bits per heavy atom. The van der Waals surface area contributed by atoms with Gasteiger partial charge in [-0.25, -0.2) is 8.42 Å². The van der Waals surface area contributed by atoms with Crippen molar-refractivity contribution in [2.45, 2.75) is 23.8 Å². The summed E-state index contributed by atoms with van der Waals surface area (Å²) >= 11 is 5.85. The van der Waals surface area contributed by atoms with Crippen LogP contribution in [0.5, 0.6) is 5.75 Å². The van der Waals surface area contributed by atoms with E-state index in [0.717, 1.165) is 12.1 Å². The van der Waals surface area contributed by atoms with Crippen molar-refractivity contribution in [2.75, 3.05) is 24.9 Å². The number of ether oxygens (including phenoxy) is 1. The third kappa shape index (κ3) is 4.53. The van der Waals surface area contributed by atoms with Crippen LogP contribution in [0.4, 0.5) is 5.69 Å². The van der Waals surface area contributed by atoms with E-state index in [4.69, 9.17) is 16.3 Å². The van der Waals surface area contributed by atoms with Crippen LogP contribution in [0.25, 0.3) is 0 Å². The van der Waals surface area contributed by atoms with Crippen LogP contribution in [0.15, 0.2) is 70.4 Å². The third-order valence-electron chi connectivity index (χ3n) is 6.60. The van der Waals surface area contributed by atoms with Gasteiger partial charge in [0.2, 0.25) is 0 Å². The summed E-state index contributed by atoms with van der Waals surface area (Å²) < 4.78 is 34.8. The summed E-state index contributed by atoms with van der Waals surface area (Å²) in [4.78, 5) is 28.2. The van der Waals surface area contributed by atoms with Crippen LogP contribution in [-0.4, -0.2) is 44.0 Å². The number of nitrogens with zero attached hydrogens (tertiary/aromatic N) is 2. The van der Waals surface area contributed by atoms with Gasteiger partial charge in [-0.3, -0.25) is 14.3 Å². The van der Waals surface area contributed by atoms with Crippen molar-refractivity contribution < 1.29 is 17.9 Å². The molecule has 1 saturated heterocycles. The minimum Gasteiger partial charge on any atom is -0.497 e. The Morgan fingerprint density at radius 2 is 1.71 bits per heavy atom. The quantitative estimate of drug-likeness (QED) is 0.562. The number of hydrogen-bond acceptors (Lipinski definition) is 5. The minimum absolute atomic E-state index is 0.000629. The highest BCUT2D eigenvalue weighted by molar-refractivity contribution is 7.92. The lowest BCUT2D eigenvalue weighted by Crippen LogP contribution is -2.49. The molecule has 10 heteroatoms. The number of anilines is 1. The lowest BCUT2D eigenvalue weighted by molar-refractivity contribution is 0.0594. The monoisotopic (exact) mass is 513 g/mol. The van der Waals surface area contributed by atoms with E-state index in [-0.39, 0.29) is 33.9 Å². The van der Waals surface area contributed by atoms with Crippen LogP contribution in [-0.2, 0) is 16.6 Å². The van der Waals surface area contributed by atoms with E-state index in [9.17, 15) is 18.0 Å². The van der Waals surface area contributed by atoms with Gasteiger partial charge in [-0.05, 0) is 73.0 Å². The van der Waals surface area contributed by atoms with E-state index in [2.05, 4.69) is 4.72 Å². The number of rotatable bonds is 5. The standard InChI is InChI=1S/C25H24ClN3O5S/c1-34-20-6-2-17(3-7-20)24(30)28-13-16-12-18(15-28)23-11-10-22(25(31)29(23)14-16)27-35(32,33)21-8-4-19(26)5-9-21/h2-11,16,18,27H,12-15H2,1H3. The van der Waals surface area contributed by atoms with Crippen LogP contribution in [0.2, 0.25) is 5.02 Å². The molecule has 2 unspecified atom stereocenters. The molecule has 0 saturated carbocycles. The van der Waals surface area contributed by atoms with Crippen molar-refractivity contribution >= 4 is 33.2 Å². The second kappa shape index (κ2) is 9.05. The van der Waals surface area contributed by atoms with E-state index >= 15 is 0 Å². The third-order valence-corrected chi connectivity index (χ3v) is 8.23. The van der Waals surface area contributed by atoms with Crippen LogP contribution in [0.3, 0.4) is 0 Å². The highest BCUT2D eigenvalue weighted by atomic mass is 35.5. The fraction of sp³-hybridized carbons (Fsp3) is 0.280. The van der Waals surface area contributed by atoms with E-state index in [1.807, 2.05) is 4.90 Å². The number of sulfonamides is 1. The number of likely N-dealkylation sites (tertiary alicyclic amines) is 1. The van der Waals surface area contributed by atoms with Crippen LogP contribution < -0.4 is 15.0 Å². The van der Waals surface area contributed by atoms with Gasteiger partial charge in [0, 0.05) is 41.8 Å². The number of hydrogen-bond donors (Lipinski definition) is 1. The first kappa shape index (κ1) is 23.4. The molecule has 0 spiro atoms. The zero-order valence-electron chi connectivity index (χ0n) is 19.0. The number of pyridine rings is 1. The molecule has 2 aromatic carbocycles. The number of fused-ring (bicyclic) bond motifs is 4. The Morgan fingerprint density at radius 3 is 2.40 bits per heavy atom. The number of benzene rings is 2. The topological polar surface area (TPSA) is 97.7 Å². The average molecular weight is 514 g/mol. The van der Waals surface area contributed by atoms with Gasteiger partial charge in [0.15, 0.2) is 0 Å². The predicted molar refractivity (Wildman–Crippen MR) is 133 cm³/mol. The van der Waals surface area contributed by atoms with Crippen molar-refractivity contribution in [2.24, 2.45) is 5.92 Å². The molecule has 5 rings (SSSR count). The first-order valence-electron chi connectivity index (χ1n) is 11.2. The summed E-state index contributed by atoms with van der Waals surface area (Å²) in [6.07, 6.45) is 0.877. The molecule has 2 atom stereocenters. The summed E-state index contributed by atoms with van der Waals surface area (Å²) in [6.45, 7) is 1.46. The van der Waals surface area contributed by atoms with Gasteiger partial charge in [-0.2, -0.15) is 0 Å². The SMILES string of the molecule is COc1ccc(C(=O)N2CC3CC(C2)c2ccc(NS(=O)(=O)c4ccc(Cl)cc4)c(=O)n2C3)cc1. The molecule has 3 aromatic rings. The van der Waals surface area contributed by atoms with Crippen LogP contribution in [0.1, 0.15) is 28.4 Å². The van der Waals surface area contributed by atoms with Crippen LogP contribution >= 0.6 is 11.6 Å². The Hall–Kier alpha value is -3.30. The molecule has 182 valence electrons. The number of amides is 1. The molecule has 0 radical (unpaired) electrons. The summed E-state index contributed by atoms with van der Waals surface area (Å²) in [5.74, 6) is 0.738. The fourth-order valence-electron chi connectivity index (χ4n) is 4.92. The minimum atomic E-state index is -3.94. The first-order valence-corrected chi connectivity index (χ1v) is 13.1. The van der Waals surface area contributed by atoms with Crippen molar-refractivity contribution in [3.63, 3.8) is 0 Å². The number of aromatic nitrogens is 1. The number of nitrogens with one attached hydrogen (secondary N) is 1. The van der Waals surface area contributed by atoms with Gasteiger partial charge in [0.25, 0.3) is 21.5 Å². The largest absolute Gasteiger partial charge is 0.497 e. The van der Waals surface area contributed by atoms with Crippen LogP contribution in [0, 0.1) is 5.92 Å². The number of carbonyl (C=O) groups is 1. The lowest BCUT2D eigenvalue weighted by atomic mass is 9.83. The van der Waals surface area contributed by atoms with Crippen molar-refractivity contribution in [1.29, 1.82) is 0 Å². The zero-order valence-corrected chi connectivity index (χ0v) is 20.6. The smallest absolute Gasteiger partial charge is 0.275 e. The van der Waals surface area contributed by atoms with Gasteiger partial charge >= 0.3 is 0 Å².